The number of aryl methyl sites for hydroxylation is 1. The van der Waals surface area contributed by atoms with E-state index in [1.54, 1.807) is 7.11 Å². The third-order valence-corrected chi connectivity index (χ3v) is 2.43. The van der Waals surface area contributed by atoms with Crippen molar-refractivity contribution in [2.24, 2.45) is 5.92 Å². The summed E-state index contributed by atoms with van der Waals surface area (Å²) in [7, 11) is 1.67. The van der Waals surface area contributed by atoms with E-state index in [0.29, 0.717) is 12.0 Å². The van der Waals surface area contributed by atoms with E-state index in [2.05, 4.69) is 31.1 Å². The molecule has 0 aliphatic carbocycles. The Morgan fingerprint density at radius 1 is 1.31 bits per heavy atom. The second-order valence-electron chi connectivity index (χ2n) is 4.68. The number of hydrogen-bond acceptors (Lipinski definition) is 3. The van der Waals surface area contributed by atoms with E-state index in [4.69, 9.17) is 4.74 Å². The molecule has 3 nitrogen and oxygen atoms in total. The first-order valence-corrected chi connectivity index (χ1v) is 5.81. The van der Waals surface area contributed by atoms with Crippen LogP contribution in [0.2, 0.25) is 0 Å². The minimum absolute atomic E-state index is 0.406. The molecule has 1 aromatic rings. The van der Waals surface area contributed by atoms with Crippen LogP contribution in [0.1, 0.15) is 32.9 Å². The summed E-state index contributed by atoms with van der Waals surface area (Å²) in [6, 6.07) is 4.31. The highest BCUT2D eigenvalue weighted by Crippen LogP contribution is 2.23. The number of ether oxygens (including phenoxy) is 1. The van der Waals surface area contributed by atoms with E-state index in [-0.39, 0.29) is 0 Å². The van der Waals surface area contributed by atoms with Gasteiger partial charge in [0.25, 0.3) is 0 Å². The lowest BCUT2D eigenvalue weighted by Gasteiger charge is -2.18. The Morgan fingerprint density at radius 3 is 2.56 bits per heavy atom. The molecule has 1 heterocycles. The van der Waals surface area contributed by atoms with Crippen LogP contribution in [0, 0.1) is 12.8 Å². The van der Waals surface area contributed by atoms with Crippen LogP contribution in [0.15, 0.2) is 12.1 Å². The zero-order valence-corrected chi connectivity index (χ0v) is 10.9. The van der Waals surface area contributed by atoms with Gasteiger partial charge < -0.3 is 10.1 Å². The number of nitrogens with one attached hydrogen (secondary N) is 1. The Bertz CT molecular complexity index is 337. The smallest absolute Gasteiger partial charge is 0.169 e. The predicted molar refractivity (Wildman–Crippen MR) is 68.1 cm³/mol. The van der Waals surface area contributed by atoms with Crippen molar-refractivity contribution in [2.75, 3.05) is 12.4 Å². The average molecular weight is 222 g/mol. The predicted octanol–water partition coefficient (Wildman–Crippen LogP) is 3.25. The van der Waals surface area contributed by atoms with E-state index < -0.39 is 0 Å². The van der Waals surface area contributed by atoms with Crippen LogP contribution in [-0.4, -0.2) is 18.1 Å². The maximum atomic E-state index is 5.28. The standard InChI is InChI=1S/C13H22N2O/c1-9(2)8-11(4)15-13-12(16-5)7-6-10(3)14-13/h6-7,9,11H,8H2,1-5H3,(H,14,15). The number of aromatic nitrogens is 1. The summed E-state index contributed by atoms with van der Waals surface area (Å²) in [5, 5.41) is 3.40. The third-order valence-electron chi connectivity index (χ3n) is 2.43. The maximum absolute atomic E-state index is 5.28. The number of hydrogen-bond donors (Lipinski definition) is 1. The molecular formula is C13H22N2O. The van der Waals surface area contributed by atoms with Gasteiger partial charge in [-0.1, -0.05) is 13.8 Å². The highest BCUT2D eigenvalue weighted by Gasteiger charge is 2.09. The summed E-state index contributed by atoms with van der Waals surface area (Å²) in [4.78, 5) is 4.46. The molecule has 16 heavy (non-hydrogen) atoms. The van der Waals surface area contributed by atoms with Gasteiger partial charge in [0, 0.05) is 11.7 Å². The van der Waals surface area contributed by atoms with Crippen LogP contribution < -0.4 is 10.1 Å². The molecule has 3 heteroatoms. The van der Waals surface area contributed by atoms with Gasteiger partial charge in [0.1, 0.15) is 0 Å². The second kappa shape index (κ2) is 5.73. The highest BCUT2D eigenvalue weighted by molar-refractivity contribution is 5.51. The zero-order chi connectivity index (χ0) is 12.1. The van der Waals surface area contributed by atoms with Crippen molar-refractivity contribution < 1.29 is 4.74 Å². The molecule has 0 saturated heterocycles. The average Bonchev–Trinajstić information content (AvgIpc) is 2.16. The first kappa shape index (κ1) is 12.8. The molecule has 0 fully saturated rings. The number of anilines is 1. The van der Waals surface area contributed by atoms with Crippen LogP contribution >= 0.6 is 0 Å². The zero-order valence-electron chi connectivity index (χ0n) is 10.9. The lowest BCUT2D eigenvalue weighted by atomic mass is 10.1. The second-order valence-corrected chi connectivity index (χ2v) is 4.68. The lowest BCUT2D eigenvalue weighted by Crippen LogP contribution is -2.18. The third kappa shape index (κ3) is 3.72. The van der Waals surface area contributed by atoms with Crippen LogP contribution in [-0.2, 0) is 0 Å². The van der Waals surface area contributed by atoms with Gasteiger partial charge >= 0.3 is 0 Å². The van der Waals surface area contributed by atoms with Crippen molar-refractivity contribution in [3.05, 3.63) is 17.8 Å². The van der Waals surface area contributed by atoms with Gasteiger partial charge in [-0.3, -0.25) is 0 Å². The minimum Gasteiger partial charge on any atom is -0.493 e. The molecule has 0 aliphatic heterocycles. The molecule has 1 rings (SSSR count). The number of nitrogens with zero attached hydrogens (tertiary/aromatic N) is 1. The van der Waals surface area contributed by atoms with Crippen molar-refractivity contribution in [3.8, 4) is 5.75 Å². The monoisotopic (exact) mass is 222 g/mol. The summed E-state index contributed by atoms with van der Waals surface area (Å²) >= 11 is 0. The van der Waals surface area contributed by atoms with E-state index in [1.165, 1.54) is 0 Å². The fraction of sp³-hybridized carbons (Fsp3) is 0.615. The molecule has 0 aliphatic rings. The fourth-order valence-corrected chi connectivity index (χ4v) is 1.81. The fourth-order valence-electron chi connectivity index (χ4n) is 1.81. The molecule has 0 saturated carbocycles. The van der Waals surface area contributed by atoms with Crippen molar-refractivity contribution in [1.82, 2.24) is 4.98 Å². The van der Waals surface area contributed by atoms with Crippen LogP contribution in [0.4, 0.5) is 5.82 Å². The van der Waals surface area contributed by atoms with Crippen molar-refractivity contribution in [1.29, 1.82) is 0 Å². The summed E-state index contributed by atoms with van der Waals surface area (Å²) in [5.74, 6) is 2.33. The van der Waals surface area contributed by atoms with Crippen LogP contribution in [0.5, 0.6) is 5.75 Å². The van der Waals surface area contributed by atoms with Crippen LogP contribution in [0.3, 0.4) is 0 Å². The molecule has 1 unspecified atom stereocenters. The van der Waals surface area contributed by atoms with Crippen molar-refractivity contribution in [3.63, 3.8) is 0 Å². The lowest BCUT2D eigenvalue weighted by molar-refractivity contribution is 0.413. The van der Waals surface area contributed by atoms with Crippen molar-refractivity contribution in [2.45, 2.75) is 40.2 Å². The van der Waals surface area contributed by atoms with E-state index in [1.807, 2.05) is 19.1 Å². The topological polar surface area (TPSA) is 34.1 Å². The van der Waals surface area contributed by atoms with Gasteiger partial charge in [0.15, 0.2) is 11.6 Å². The van der Waals surface area contributed by atoms with Gasteiger partial charge in [-0.25, -0.2) is 4.98 Å². The first-order valence-electron chi connectivity index (χ1n) is 5.81. The Kier molecular flexibility index (Phi) is 4.59. The molecule has 1 aromatic heterocycles. The van der Waals surface area contributed by atoms with Crippen molar-refractivity contribution >= 4 is 5.82 Å². The molecular weight excluding hydrogens is 200 g/mol. The van der Waals surface area contributed by atoms with E-state index in [0.717, 1.165) is 23.7 Å². The SMILES string of the molecule is COc1ccc(C)nc1NC(C)CC(C)C. The number of pyridine rings is 1. The Labute approximate surface area is 98.2 Å². The number of rotatable bonds is 5. The molecule has 0 bridgehead atoms. The quantitative estimate of drug-likeness (QED) is 0.830. The first-order chi connectivity index (χ1) is 7.52. The number of methoxy groups -OCH3 is 1. The summed E-state index contributed by atoms with van der Waals surface area (Å²) in [6.45, 7) is 8.60. The normalized spacial score (nSPS) is 12.6. The summed E-state index contributed by atoms with van der Waals surface area (Å²) in [6.07, 6.45) is 1.12. The van der Waals surface area contributed by atoms with Gasteiger partial charge in [-0.05, 0) is 38.3 Å². The largest absolute Gasteiger partial charge is 0.493 e. The van der Waals surface area contributed by atoms with Crippen LogP contribution in [0.25, 0.3) is 0 Å². The Balaban J connectivity index is 2.74. The minimum atomic E-state index is 0.406. The van der Waals surface area contributed by atoms with Gasteiger partial charge in [-0.2, -0.15) is 0 Å². The highest BCUT2D eigenvalue weighted by atomic mass is 16.5. The molecule has 1 atom stereocenters. The maximum Gasteiger partial charge on any atom is 0.169 e. The molecule has 0 aromatic carbocycles. The van der Waals surface area contributed by atoms with E-state index in [9.17, 15) is 0 Å². The molecule has 1 N–H and O–H groups in total. The molecule has 90 valence electrons. The molecule has 0 spiro atoms. The summed E-state index contributed by atoms with van der Waals surface area (Å²) in [5.41, 5.74) is 1.00. The Morgan fingerprint density at radius 2 is 2.00 bits per heavy atom. The van der Waals surface area contributed by atoms with Gasteiger partial charge in [0.05, 0.1) is 7.11 Å². The molecule has 0 radical (unpaired) electrons. The van der Waals surface area contributed by atoms with Gasteiger partial charge in [-0.15, -0.1) is 0 Å². The summed E-state index contributed by atoms with van der Waals surface area (Å²) < 4.78 is 5.28. The van der Waals surface area contributed by atoms with E-state index >= 15 is 0 Å². The molecule has 0 amide bonds. The Hall–Kier alpha value is -1.25. The van der Waals surface area contributed by atoms with Gasteiger partial charge in [0.2, 0.25) is 0 Å².